The number of carboxylic acids is 1. The highest BCUT2D eigenvalue weighted by molar-refractivity contribution is 6.03. The number of carbonyl (C=O) groups is 2. The molecule has 0 saturated heterocycles. The Kier molecular flexibility index (Phi) is 2.99. The molecule has 1 heterocycles. The van der Waals surface area contributed by atoms with Crippen LogP contribution in [0.4, 0.5) is 5.69 Å². The van der Waals surface area contributed by atoms with E-state index in [4.69, 9.17) is 0 Å². The van der Waals surface area contributed by atoms with Crippen molar-refractivity contribution in [3.8, 4) is 0 Å². The van der Waals surface area contributed by atoms with Crippen LogP contribution in [0.2, 0.25) is 0 Å². The number of hydrogen-bond acceptors (Lipinski definition) is 3. The lowest BCUT2D eigenvalue weighted by Gasteiger charge is -2.27. The number of benzene rings is 2. The molecule has 0 fully saturated rings. The number of carboxylic acid groups (broad SMARTS) is 1. The molecule has 0 aliphatic carbocycles. The molecule has 1 aliphatic heterocycles. The second-order valence-corrected chi connectivity index (χ2v) is 4.76. The molecule has 0 radical (unpaired) electrons. The van der Waals surface area contributed by atoms with Gasteiger partial charge in [-0.25, -0.2) is 4.79 Å². The summed E-state index contributed by atoms with van der Waals surface area (Å²) in [5.74, 6) is -0.946. The highest BCUT2D eigenvalue weighted by Gasteiger charge is 2.27. The number of para-hydroxylation sites is 1. The number of Topliss-reactive ketones (excluding diaryl/α,β-unsaturated/α-hetero) is 1. The molecule has 1 atom stereocenters. The summed E-state index contributed by atoms with van der Waals surface area (Å²) in [5.41, 5.74) is 2.30. The van der Waals surface area contributed by atoms with Crippen LogP contribution in [-0.4, -0.2) is 16.9 Å². The van der Waals surface area contributed by atoms with Crippen LogP contribution in [0, 0.1) is 0 Å². The Morgan fingerprint density at radius 1 is 1.10 bits per heavy atom. The second-order valence-electron chi connectivity index (χ2n) is 4.76. The predicted octanol–water partition coefficient (Wildman–Crippen LogP) is 3.12. The third kappa shape index (κ3) is 2.05. The number of anilines is 1. The van der Waals surface area contributed by atoms with E-state index in [0.29, 0.717) is 11.1 Å². The van der Waals surface area contributed by atoms with E-state index in [0.717, 1.165) is 5.69 Å². The first-order valence-corrected chi connectivity index (χ1v) is 6.38. The van der Waals surface area contributed by atoms with Crippen LogP contribution in [0.25, 0.3) is 0 Å². The maximum absolute atomic E-state index is 12.2. The average molecular weight is 267 g/mol. The summed E-state index contributed by atoms with van der Waals surface area (Å²) in [6, 6.07) is 13.8. The minimum absolute atomic E-state index is 0.0320. The summed E-state index contributed by atoms with van der Waals surface area (Å²) in [4.78, 5) is 23.4. The second kappa shape index (κ2) is 4.81. The molecule has 4 nitrogen and oxygen atoms in total. The molecular weight excluding hydrogens is 254 g/mol. The van der Waals surface area contributed by atoms with Gasteiger partial charge in [-0.2, -0.15) is 0 Å². The standard InChI is InChI=1S/C16H13NO3/c18-15-9-14(17-13-8-4-3-7-12(13)15)10-5-1-2-6-11(10)16(19)20/h1-8,14,17H,9H2,(H,19,20). The first-order chi connectivity index (χ1) is 9.66. The van der Waals surface area contributed by atoms with Crippen molar-refractivity contribution in [2.24, 2.45) is 0 Å². The van der Waals surface area contributed by atoms with Crippen LogP contribution in [0.1, 0.15) is 38.7 Å². The van der Waals surface area contributed by atoms with Crippen molar-refractivity contribution in [1.82, 2.24) is 0 Å². The van der Waals surface area contributed by atoms with Gasteiger partial charge in [0.05, 0.1) is 11.6 Å². The first-order valence-electron chi connectivity index (χ1n) is 6.38. The Hall–Kier alpha value is -2.62. The molecule has 20 heavy (non-hydrogen) atoms. The van der Waals surface area contributed by atoms with Crippen LogP contribution < -0.4 is 5.32 Å². The summed E-state index contributed by atoms with van der Waals surface area (Å²) in [5, 5.41) is 12.5. The van der Waals surface area contributed by atoms with Gasteiger partial charge in [0.25, 0.3) is 0 Å². The summed E-state index contributed by atoms with van der Waals surface area (Å²) in [7, 11) is 0. The molecule has 0 aromatic heterocycles. The van der Waals surface area contributed by atoms with Crippen molar-refractivity contribution < 1.29 is 14.7 Å². The monoisotopic (exact) mass is 267 g/mol. The van der Waals surface area contributed by atoms with Crippen molar-refractivity contribution in [1.29, 1.82) is 0 Å². The van der Waals surface area contributed by atoms with Gasteiger partial charge in [-0.15, -0.1) is 0 Å². The number of ketones is 1. The van der Waals surface area contributed by atoms with E-state index in [1.807, 2.05) is 18.2 Å². The zero-order chi connectivity index (χ0) is 14.1. The van der Waals surface area contributed by atoms with Gasteiger partial charge >= 0.3 is 5.97 Å². The lowest BCUT2D eigenvalue weighted by Crippen LogP contribution is -2.24. The van der Waals surface area contributed by atoms with Crippen LogP contribution in [0.15, 0.2) is 48.5 Å². The van der Waals surface area contributed by atoms with Crippen LogP contribution in [0.3, 0.4) is 0 Å². The number of hydrogen-bond donors (Lipinski definition) is 2. The van der Waals surface area contributed by atoms with Crippen molar-refractivity contribution >= 4 is 17.4 Å². The molecule has 0 bridgehead atoms. The lowest BCUT2D eigenvalue weighted by atomic mass is 9.90. The normalized spacial score (nSPS) is 17.2. The zero-order valence-electron chi connectivity index (χ0n) is 10.7. The van der Waals surface area contributed by atoms with Crippen molar-refractivity contribution in [3.63, 3.8) is 0 Å². The maximum Gasteiger partial charge on any atom is 0.336 e. The Morgan fingerprint density at radius 2 is 1.80 bits per heavy atom. The molecule has 1 unspecified atom stereocenters. The van der Waals surface area contributed by atoms with Gasteiger partial charge in [0.1, 0.15) is 0 Å². The quantitative estimate of drug-likeness (QED) is 0.877. The summed E-state index contributed by atoms with van der Waals surface area (Å²) < 4.78 is 0. The molecule has 1 aliphatic rings. The molecule has 4 heteroatoms. The molecule has 0 amide bonds. The molecule has 2 aromatic carbocycles. The highest BCUT2D eigenvalue weighted by atomic mass is 16.4. The third-order valence-electron chi connectivity index (χ3n) is 3.51. The molecule has 0 spiro atoms. The summed E-state index contributed by atoms with van der Waals surface area (Å²) >= 11 is 0. The zero-order valence-corrected chi connectivity index (χ0v) is 10.7. The maximum atomic E-state index is 12.2. The van der Waals surface area contributed by atoms with E-state index in [1.54, 1.807) is 30.3 Å². The van der Waals surface area contributed by atoms with E-state index < -0.39 is 5.97 Å². The fourth-order valence-electron chi connectivity index (χ4n) is 2.57. The predicted molar refractivity (Wildman–Crippen MR) is 75.2 cm³/mol. The van der Waals surface area contributed by atoms with Gasteiger partial charge in [0.15, 0.2) is 5.78 Å². The smallest absolute Gasteiger partial charge is 0.336 e. The van der Waals surface area contributed by atoms with Gasteiger partial charge < -0.3 is 10.4 Å². The van der Waals surface area contributed by atoms with E-state index in [1.165, 1.54) is 0 Å². The fourth-order valence-corrected chi connectivity index (χ4v) is 2.57. The van der Waals surface area contributed by atoms with Gasteiger partial charge in [-0.1, -0.05) is 30.3 Å². The largest absolute Gasteiger partial charge is 0.478 e. The minimum Gasteiger partial charge on any atom is -0.478 e. The van der Waals surface area contributed by atoms with E-state index >= 15 is 0 Å². The van der Waals surface area contributed by atoms with E-state index in [2.05, 4.69) is 5.32 Å². The average Bonchev–Trinajstić information content (AvgIpc) is 2.47. The third-order valence-corrected chi connectivity index (χ3v) is 3.51. The van der Waals surface area contributed by atoms with Crippen molar-refractivity contribution in [2.75, 3.05) is 5.32 Å². The first kappa shape index (κ1) is 12.4. The Balaban J connectivity index is 2.02. The van der Waals surface area contributed by atoms with E-state index in [9.17, 15) is 14.7 Å². The lowest BCUT2D eigenvalue weighted by molar-refractivity contribution is 0.0694. The topological polar surface area (TPSA) is 66.4 Å². The number of aromatic carboxylic acids is 1. The molecular formula is C16H13NO3. The Labute approximate surface area is 116 Å². The Bertz CT molecular complexity index is 694. The molecule has 100 valence electrons. The van der Waals surface area contributed by atoms with Gasteiger partial charge in [0, 0.05) is 17.7 Å². The number of rotatable bonds is 2. The van der Waals surface area contributed by atoms with Gasteiger partial charge in [-0.05, 0) is 23.8 Å². The molecule has 3 rings (SSSR count). The molecule has 2 N–H and O–H groups in total. The highest BCUT2D eigenvalue weighted by Crippen LogP contribution is 2.33. The fraction of sp³-hybridized carbons (Fsp3) is 0.125. The van der Waals surface area contributed by atoms with Crippen LogP contribution >= 0.6 is 0 Å². The number of fused-ring (bicyclic) bond motifs is 1. The summed E-state index contributed by atoms with van der Waals surface area (Å²) in [6.45, 7) is 0. The van der Waals surface area contributed by atoms with Crippen LogP contribution in [-0.2, 0) is 0 Å². The van der Waals surface area contributed by atoms with Crippen LogP contribution in [0.5, 0.6) is 0 Å². The van der Waals surface area contributed by atoms with Crippen molar-refractivity contribution in [3.05, 3.63) is 65.2 Å². The summed E-state index contributed by atoms with van der Waals surface area (Å²) in [6.07, 6.45) is 0.265. The SMILES string of the molecule is O=C1CC(c2ccccc2C(=O)O)Nc2ccccc21. The van der Waals surface area contributed by atoms with Gasteiger partial charge in [0.2, 0.25) is 0 Å². The number of nitrogens with one attached hydrogen (secondary N) is 1. The van der Waals surface area contributed by atoms with Gasteiger partial charge in [-0.3, -0.25) is 4.79 Å². The molecule has 0 saturated carbocycles. The number of carbonyl (C=O) groups excluding carboxylic acids is 1. The Morgan fingerprint density at radius 3 is 2.60 bits per heavy atom. The van der Waals surface area contributed by atoms with Crippen molar-refractivity contribution in [2.45, 2.75) is 12.5 Å². The van der Waals surface area contributed by atoms with E-state index in [-0.39, 0.29) is 23.8 Å². The molecule has 2 aromatic rings. The minimum atomic E-state index is -0.978.